The Kier molecular flexibility index (Phi) is 4.11. The zero-order valence-corrected chi connectivity index (χ0v) is 8.90. The zero-order chi connectivity index (χ0) is 10.6. The van der Waals surface area contributed by atoms with Crippen molar-refractivity contribution in [1.29, 1.82) is 0 Å². The van der Waals surface area contributed by atoms with Crippen LogP contribution < -0.4 is 5.73 Å². The molecule has 0 radical (unpaired) electrons. The van der Waals surface area contributed by atoms with Gasteiger partial charge < -0.3 is 10.8 Å². The molecule has 0 saturated heterocycles. The lowest BCUT2D eigenvalue weighted by molar-refractivity contribution is 0.142. The van der Waals surface area contributed by atoms with E-state index in [1.807, 2.05) is 19.1 Å². The van der Waals surface area contributed by atoms with Gasteiger partial charge in [0.2, 0.25) is 0 Å². The summed E-state index contributed by atoms with van der Waals surface area (Å²) < 4.78 is 0. The van der Waals surface area contributed by atoms with Crippen molar-refractivity contribution in [3.8, 4) is 0 Å². The standard InChI is InChI=1S/C12H19NO/c1-3-11(13)12(14)8-10-6-4-9(2)5-7-10/h4-7,11-12,14H,3,8,13H2,1-2H3. The van der Waals surface area contributed by atoms with Crippen LogP contribution in [-0.4, -0.2) is 17.3 Å². The van der Waals surface area contributed by atoms with Crippen LogP contribution in [0.2, 0.25) is 0 Å². The first kappa shape index (κ1) is 11.2. The van der Waals surface area contributed by atoms with E-state index in [1.54, 1.807) is 0 Å². The highest BCUT2D eigenvalue weighted by Gasteiger charge is 2.12. The zero-order valence-electron chi connectivity index (χ0n) is 8.90. The molecule has 0 spiro atoms. The molecule has 3 N–H and O–H groups in total. The van der Waals surface area contributed by atoms with E-state index in [0.29, 0.717) is 6.42 Å². The number of aliphatic hydroxyl groups is 1. The quantitative estimate of drug-likeness (QED) is 0.763. The van der Waals surface area contributed by atoms with E-state index in [4.69, 9.17) is 5.73 Å². The number of hydrogen-bond acceptors (Lipinski definition) is 2. The smallest absolute Gasteiger partial charge is 0.0731 e. The number of rotatable bonds is 4. The van der Waals surface area contributed by atoms with E-state index >= 15 is 0 Å². The Morgan fingerprint density at radius 1 is 1.29 bits per heavy atom. The fraction of sp³-hybridized carbons (Fsp3) is 0.500. The van der Waals surface area contributed by atoms with E-state index in [-0.39, 0.29) is 6.04 Å². The van der Waals surface area contributed by atoms with E-state index in [9.17, 15) is 5.11 Å². The molecule has 14 heavy (non-hydrogen) atoms. The van der Waals surface area contributed by atoms with Crippen LogP contribution in [0, 0.1) is 6.92 Å². The van der Waals surface area contributed by atoms with Gasteiger partial charge in [0, 0.05) is 6.04 Å². The van der Waals surface area contributed by atoms with Crippen LogP contribution >= 0.6 is 0 Å². The summed E-state index contributed by atoms with van der Waals surface area (Å²) in [4.78, 5) is 0. The molecule has 2 nitrogen and oxygen atoms in total. The Morgan fingerprint density at radius 2 is 1.86 bits per heavy atom. The van der Waals surface area contributed by atoms with Crippen molar-refractivity contribution in [2.75, 3.05) is 0 Å². The number of nitrogens with two attached hydrogens (primary N) is 1. The van der Waals surface area contributed by atoms with Crippen molar-refractivity contribution in [1.82, 2.24) is 0 Å². The van der Waals surface area contributed by atoms with Gasteiger partial charge in [-0.1, -0.05) is 36.8 Å². The van der Waals surface area contributed by atoms with Crippen LogP contribution in [0.5, 0.6) is 0 Å². The van der Waals surface area contributed by atoms with E-state index in [1.165, 1.54) is 5.56 Å². The minimum absolute atomic E-state index is 0.115. The number of benzene rings is 1. The molecule has 0 aliphatic rings. The van der Waals surface area contributed by atoms with Crippen molar-refractivity contribution in [3.63, 3.8) is 0 Å². The van der Waals surface area contributed by atoms with Gasteiger partial charge in [-0.15, -0.1) is 0 Å². The van der Waals surface area contributed by atoms with E-state index < -0.39 is 6.10 Å². The molecule has 0 fully saturated rings. The lowest BCUT2D eigenvalue weighted by atomic mass is 10.0. The first-order valence-corrected chi connectivity index (χ1v) is 5.12. The monoisotopic (exact) mass is 193 g/mol. The van der Waals surface area contributed by atoms with Gasteiger partial charge in [0.05, 0.1) is 6.10 Å². The summed E-state index contributed by atoms with van der Waals surface area (Å²) in [6.07, 6.45) is 1.03. The van der Waals surface area contributed by atoms with Crippen molar-refractivity contribution >= 4 is 0 Å². The largest absolute Gasteiger partial charge is 0.391 e. The Morgan fingerprint density at radius 3 is 2.36 bits per heavy atom. The van der Waals surface area contributed by atoms with Crippen LogP contribution in [0.15, 0.2) is 24.3 Å². The van der Waals surface area contributed by atoms with Crippen LogP contribution in [0.1, 0.15) is 24.5 Å². The maximum atomic E-state index is 9.72. The molecule has 0 aliphatic carbocycles. The molecule has 78 valence electrons. The SMILES string of the molecule is CCC(N)C(O)Cc1ccc(C)cc1. The predicted molar refractivity (Wildman–Crippen MR) is 59.2 cm³/mol. The first-order valence-electron chi connectivity index (χ1n) is 5.12. The highest BCUT2D eigenvalue weighted by molar-refractivity contribution is 5.22. The van der Waals surface area contributed by atoms with E-state index in [0.717, 1.165) is 12.0 Å². The molecule has 1 aromatic rings. The molecule has 2 unspecified atom stereocenters. The molecule has 0 saturated carbocycles. The number of aryl methyl sites for hydroxylation is 1. The van der Waals surface area contributed by atoms with Gasteiger partial charge in [-0.05, 0) is 25.3 Å². The minimum Gasteiger partial charge on any atom is -0.391 e. The van der Waals surface area contributed by atoms with Gasteiger partial charge in [0.15, 0.2) is 0 Å². The van der Waals surface area contributed by atoms with Crippen LogP contribution in [0.4, 0.5) is 0 Å². The predicted octanol–water partition coefficient (Wildman–Crippen LogP) is 1.64. The Hall–Kier alpha value is -0.860. The average Bonchev–Trinajstić information content (AvgIpc) is 2.20. The van der Waals surface area contributed by atoms with Crippen molar-refractivity contribution in [2.24, 2.45) is 5.73 Å². The fourth-order valence-corrected chi connectivity index (χ4v) is 1.39. The molecular weight excluding hydrogens is 174 g/mol. The summed E-state index contributed by atoms with van der Waals surface area (Å²) in [5.74, 6) is 0. The summed E-state index contributed by atoms with van der Waals surface area (Å²) in [6, 6.07) is 8.08. The fourth-order valence-electron chi connectivity index (χ4n) is 1.39. The normalized spacial score (nSPS) is 15.1. The Labute approximate surface area is 85.8 Å². The molecule has 2 atom stereocenters. The van der Waals surface area contributed by atoms with Crippen LogP contribution in [-0.2, 0) is 6.42 Å². The highest BCUT2D eigenvalue weighted by atomic mass is 16.3. The average molecular weight is 193 g/mol. The van der Waals surface area contributed by atoms with Crippen molar-refractivity contribution in [3.05, 3.63) is 35.4 Å². The summed E-state index contributed by atoms with van der Waals surface area (Å²) in [6.45, 7) is 4.04. The van der Waals surface area contributed by atoms with Crippen molar-refractivity contribution in [2.45, 2.75) is 38.8 Å². The number of aliphatic hydroxyl groups excluding tert-OH is 1. The maximum Gasteiger partial charge on any atom is 0.0731 e. The van der Waals surface area contributed by atoms with Gasteiger partial charge >= 0.3 is 0 Å². The summed E-state index contributed by atoms with van der Waals surface area (Å²) in [5.41, 5.74) is 8.13. The molecule has 0 bridgehead atoms. The third-order valence-electron chi connectivity index (χ3n) is 2.53. The van der Waals surface area contributed by atoms with Gasteiger partial charge in [-0.2, -0.15) is 0 Å². The molecule has 2 heteroatoms. The van der Waals surface area contributed by atoms with Crippen LogP contribution in [0.25, 0.3) is 0 Å². The van der Waals surface area contributed by atoms with Crippen LogP contribution in [0.3, 0.4) is 0 Å². The summed E-state index contributed by atoms with van der Waals surface area (Å²) in [7, 11) is 0. The second-order valence-corrected chi connectivity index (χ2v) is 3.83. The molecule has 1 rings (SSSR count). The lowest BCUT2D eigenvalue weighted by Crippen LogP contribution is -2.35. The Balaban J connectivity index is 2.56. The Bertz CT molecular complexity index is 268. The molecule has 1 aromatic carbocycles. The van der Waals surface area contributed by atoms with Gasteiger partial charge in [0.1, 0.15) is 0 Å². The van der Waals surface area contributed by atoms with Crippen molar-refractivity contribution < 1.29 is 5.11 Å². The molecule has 0 aromatic heterocycles. The van der Waals surface area contributed by atoms with Gasteiger partial charge in [0.25, 0.3) is 0 Å². The molecule has 0 amide bonds. The minimum atomic E-state index is -0.428. The number of hydrogen-bond donors (Lipinski definition) is 2. The molecule has 0 aliphatic heterocycles. The third-order valence-corrected chi connectivity index (χ3v) is 2.53. The highest BCUT2D eigenvalue weighted by Crippen LogP contribution is 2.08. The second-order valence-electron chi connectivity index (χ2n) is 3.83. The maximum absolute atomic E-state index is 9.72. The van der Waals surface area contributed by atoms with E-state index in [2.05, 4.69) is 19.1 Å². The first-order chi connectivity index (χ1) is 6.63. The summed E-state index contributed by atoms with van der Waals surface area (Å²) >= 11 is 0. The molecular formula is C12H19NO. The summed E-state index contributed by atoms with van der Waals surface area (Å²) in [5, 5.41) is 9.72. The topological polar surface area (TPSA) is 46.2 Å². The van der Waals surface area contributed by atoms with Gasteiger partial charge in [-0.25, -0.2) is 0 Å². The third kappa shape index (κ3) is 3.13. The molecule has 0 heterocycles. The van der Waals surface area contributed by atoms with Gasteiger partial charge in [-0.3, -0.25) is 0 Å². The lowest BCUT2D eigenvalue weighted by Gasteiger charge is -2.16. The second kappa shape index (κ2) is 5.13.